The van der Waals surface area contributed by atoms with Crippen LogP contribution in [-0.2, 0) is 0 Å². The van der Waals surface area contributed by atoms with Gasteiger partial charge in [-0.2, -0.15) is 0 Å². The zero-order chi connectivity index (χ0) is 17.3. The first-order valence-electron chi connectivity index (χ1n) is 8.52. The van der Waals surface area contributed by atoms with Gasteiger partial charge in [-0.1, -0.05) is 48.5 Å². The highest BCUT2D eigenvalue weighted by atomic mass is 14.7. The van der Waals surface area contributed by atoms with Gasteiger partial charge in [0, 0.05) is 46.7 Å². The minimum absolute atomic E-state index is 0.905. The second-order valence-corrected chi connectivity index (χ2v) is 6.25. The highest BCUT2D eigenvalue weighted by Gasteiger charge is 2.08. The molecule has 3 heteroatoms. The summed E-state index contributed by atoms with van der Waals surface area (Å²) in [6, 6.07) is 20.9. The Hall–Kier alpha value is -3.59. The molecule has 3 heterocycles. The highest BCUT2D eigenvalue weighted by molar-refractivity contribution is 5.98. The molecule has 0 bridgehead atoms. The first-order valence-corrected chi connectivity index (χ1v) is 8.52. The lowest BCUT2D eigenvalue weighted by Gasteiger charge is -2.10. The molecule has 0 unspecified atom stereocenters. The lowest BCUT2D eigenvalue weighted by Crippen LogP contribution is -1.88. The molecule has 0 amide bonds. The SMILES string of the molecule is c1cc(-c2cncc3ccccc23)cc(-c2cncc3ncccc23)c1. The second kappa shape index (κ2) is 6.05. The van der Waals surface area contributed by atoms with Crippen LogP contribution in [0.4, 0.5) is 0 Å². The summed E-state index contributed by atoms with van der Waals surface area (Å²) in [5.74, 6) is 0. The van der Waals surface area contributed by atoms with E-state index in [1.54, 1.807) is 12.4 Å². The fourth-order valence-corrected chi connectivity index (χ4v) is 3.43. The first kappa shape index (κ1) is 14.7. The van der Waals surface area contributed by atoms with Crippen LogP contribution in [0, 0.1) is 0 Å². The van der Waals surface area contributed by atoms with Gasteiger partial charge >= 0.3 is 0 Å². The summed E-state index contributed by atoms with van der Waals surface area (Å²) in [5.41, 5.74) is 5.40. The molecule has 0 fully saturated rings. The van der Waals surface area contributed by atoms with Crippen LogP contribution in [0.15, 0.2) is 91.6 Å². The van der Waals surface area contributed by atoms with E-state index in [1.807, 2.05) is 30.7 Å². The fraction of sp³-hybridized carbons (Fsp3) is 0. The molecule has 0 radical (unpaired) electrons. The van der Waals surface area contributed by atoms with Gasteiger partial charge in [-0.3, -0.25) is 15.0 Å². The third kappa shape index (κ3) is 2.42. The van der Waals surface area contributed by atoms with Crippen LogP contribution < -0.4 is 0 Å². The van der Waals surface area contributed by atoms with E-state index in [0.29, 0.717) is 0 Å². The van der Waals surface area contributed by atoms with Crippen molar-refractivity contribution < 1.29 is 0 Å². The summed E-state index contributed by atoms with van der Waals surface area (Å²) in [6.45, 7) is 0. The van der Waals surface area contributed by atoms with Crippen LogP contribution in [0.1, 0.15) is 0 Å². The molecule has 5 aromatic rings. The van der Waals surface area contributed by atoms with Crippen molar-refractivity contribution >= 4 is 21.7 Å². The Bertz CT molecular complexity index is 1140. The Balaban J connectivity index is 1.72. The van der Waals surface area contributed by atoms with Crippen molar-refractivity contribution in [3.63, 3.8) is 0 Å². The van der Waals surface area contributed by atoms with Gasteiger partial charge in [-0.05, 0) is 28.6 Å². The zero-order valence-electron chi connectivity index (χ0n) is 14.0. The maximum Gasteiger partial charge on any atom is 0.0891 e. The number of hydrogen-bond donors (Lipinski definition) is 0. The van der Waals surface area contributed by atoms with E-state index in [9.17, 15) is 0 Å². The van der Waals surface area contributed by atoms with Gasteiger partial charge in [-0.25, -0.2) is 0 Å². The number of fused-ring (bicyclic) bond motifs is 2. The molecule has 0 spiro atoms. The average molecular weight is 333 g/mol. The Labute approximate surface area is 151 Å². The molecule has 2 aromatic carbocycles. The number of nitrogens with zero attached hydrogens (tertiary/aromatic N) is 3. The Morgan fingerprint density at radius 3 is 2.19 bits per heavy atom. The second-order valence-electron chi connectivity index (χ2n) is 6.25. The largest absolute Gasteiger partial charge is 0.263 e. The van der Waals surface area contributed by atoms with Crippen molar-refractivity contribution in [2.24, 2.45) is 0 Å². The van der Waals surface area contributed by atoms with Gasteiger partial charge in [0.1, 0.15) is 0 Å². The third-order valence-corrected chi connectivity index (χ3v) is 4.68. The minimum atomic E-state index is 0.905. The van der Waals surface area contributed by atoms with Crippen molar-refractivity contribution in [3.8, 4) is 22.3 Å². The number of rotatable bonds is 2. The van der Waals surface area contributed by atoms with Gasteiger partial charge in [0.2, 0.25) is 0 Å². The average Bonchev–Trinajstić information content (AvgIpc) is 2.73. The van der Waals surface area contributed by atoms with Crippen LogP contribution in [0.5, 0.6) is 0 Å². The number of hydrogen-bond acceptors (Lipinski definition) is 3. The van der Waals surface area contributed by atoms with E-state index in [4.69, 9.17) is 0 Å². The molecule has 3 nitrogen and oxygen atoms in total. The monoisotopic (exact) mass is 333 g/mol. The molecule has 0 saturated carbocycles. The maximum absolute atomic E-state index is 4.42. The Morgan fingerprint density at radius 1 is 0.577 bits per heavy atom. The van der Waals surface area contributed by atoms with E-state index >= 15 is 0 Å². The van der Waals surface area contributed by atoms with Gasteiger partial charge in [0.15, 0.2) is 0 Å². The topological polar surface area (TPSA) is 38.7 Å². The molecule has 26 heavy (non-hydrogen) atoms. The molecule has 3 aromatic heterocycles. The fourth-order valence-electron chi connectivity index (χ4n) is 3.43. The predicted octanol–water partition coefficient (Wildman–Crippen LogP) is 5.51. The van der Waals surface area contributed by atoms with Crippen LogP contribution >= 0.6 is 0 Å². The molecule has 122 valence electrons. The zero-order valence-corrected chi connectivity index (χ0v) is 14.0. The summed E-state index contributed by atoms with van der Waals surface area (Å²) >= 11 is 0. The molecular formula is C23H15N3. The molecule has 0 saturated heterocycles. The van der Waals surface area contributed by atoms with Crippen LogP contribution in [0.2, 0.25) is 0 Å². The molecular weight excluding hydrogens is 318 g/mol. The third-order valence-electron chi connectivity index (χ3n) is 4.68. The van der Waals surface area contributed by atoms with Crippen LogP contribution in [-0.4, -0.2) is 15.0 Å². The molecule has 0 aliphatic rings. The van der Waals surface area contributed by atoms with E-state index in [-0.39, 0.29) is 0 Å². The lowest BCUT2D eigenvalue weighted by molar-refractivity contribution is 1.31. The Morgan fingerprint density at radius 2 is 1.31 bits per heavy atom. The predicted molar refractivity (Wildman–Crippen MR) is 106 cm³/mol. The Kier molecular flexibility index (Phi) is 3.42. The van der Waals surface area contributed by atoms with Gasteiger partial charge < -0.3 is 0 Å². The summed E-state index contributed by atoms with van der Waals surface area (Å²) in [4.78, 5) is 13.2. The van der Waals surface area contributed by atoms with Crippen LogP contribution in [0.25, 0.3) is 43.9 Å². The quantitative estimate of drug-likeness (QED) is 0.427. The van der Waals surface area contributed by atoms with Crippen molar-refractivity contribution in [3.05, 3.63) is 91.6 Å². The van der Waals surface area contributed by atoms with Crippen LogP contribution in [0.3, 0.4) is 0 Å². The lowest BCUT2D eigenvalue weighted by atomic mass is 9.96. The molecule has 0 aliphatic carbocycles. The van der Waals surface area contributed by atoms with Crippen molar-refractivity contribution in [1.82, 2.24) is 15.0 Å². The van der Waals surface area contributed by atoms with Gasteiger partial charge in [0.25, 0.3) is 0 Å². The number of benzene rings is 2. The molecule has 0 atom stereocenters. The van der Waals surface area contributed by atoms with Gasteiger partial charge in [-0.15, -0.1) is 0 Å². The number of aromatic nitrogens is 3. The molecule has 0 N–H and O–H groups in total. The van der Waals surface area contributed by atoms with E-state index in [2.05, 4.69) is 63.5 Å². The van der Waals surface area contributed by atoms with Crippen molar-refractivity contribution in [2.45, 2.75) is 0 Å². The summed E-state index contributed by atoms with van der Waals surface area (Å²) in [5, 5.41) is 3.46. The summed E-state index contributed by atoms with van der Waals surface area (Å²) < 4.78 is 0. The van der Waals surface area contributed by atoms with E-state index in [0.717, 1.165) is 38.5 Å². The maximum atomic E-state index is 4.42. The summed E-state index contributed by atoms with van der Waals surface area (Å²) in [6.07, 6.45) is 9.35. The standard InChI is InChI=1S/C23H15N3/c1-2-8-19-18(5-1)12-24-13-21(19)16-6-3-7-17(11-16)22-14-25-15-23-20(22)9-4-10-26-23/h1-15H. The first-order chi connectivity index (χ1) is 12.9. The van der Waals surface area contributed by atoms with Gasteiger partial charge in [0.05, 0.1) is 11.7 Å². The normalized spacial score (nSPS) is 11.1. The molecule has 5 rings (SSSR count). The van der Waals surface area contributed by atoms with Crippen molar-refractivity contribution in [2.75, 3.05) is 0 Å². The smallest absolute Gasteiger partial charge is 0.0891 e. The molecule has 0 aliphatic heterocycles. The minimum Gasteiger partial charge on any atom is -0.263 e. The summed E-state index contributed by atoms with van der Waals surface area (Å²) in [7, 11) is 0. The number of pyridine rings is 3. The van der Waals surface area contributed by atoms with Crippen molar-refractivity contribution in [1.29, 1.82) is 0 Å². The highest BCUT2D eigenvalue weighted by Crippen LogP contribution is 2.32. The van der Waals surface area contributed by atoms with E-state index < -0.39 is 0 Å². The van der Waals surface area contributed by atoms with E-state index in [1.165, 1.54) is 5.39 Å².